The summed E-state index contributed by atoms with van der Waals surface area (Å²) in [6.45, 7) is 7.85. The lowest BCUT2D eigenvalue weighted by Gasteiger charge is -2.37. The van der Waals surface area contributed by atoms with E-state index in [0.29, 0.717) is 37.4 Å². The molecule has 5 aromatic rings. The van der Waals surface area contributed by atoms with Crippen LogP contribution in [-0.2, 0) is 39.4 Å². The second-order valence-corrected chi connectivity index (χ2v) is 19.6. The average Bonchev–Trinajstić information content (AvgIpc) is 3.84. The lowest BCUT2D eigenvalue weighted by atomic mass is 9.82. The maximum absolute atomic E-state index is 15.2. The number of benzene rings is 4. The van der Waals surface area contributed by atoms with Gasteiger partial charge in [0.2, 0.25) is 0 Å². The Morgan fingerprint density at radius 3 is 2.41 bits per heavy atom. The van der Waals surface area contributed by atoms with Crippen LogP contribution >= 0.6 is 0 Å². The fraction of sp³-hybridized carbons (Fsp3) is 0.333. The SMILES string of the molecule is COc1ccc([Si](C)(C)[C@H]2[C@H](CCn3cc(CCO)nn3)O[C@@]3(C(=O)N(Cc4ccc(N5C(=O)COc6ccccc65)cc4)c4ccccc43)[C@@H]2C)cc1. The molecule has 12 heteroatoms. The predicted molar refractivity (Wildman–Crippen MR) is 208 cm³/mol. The largest absolute Gasteiger partial charge is 0.497 e. The quantitative estimate of drug-likeness (QED) is 0.171. The number of hydrogen-bond acceptors (Lipinski definition) is 8. The summed E-state index contributed by atoms with van der Waals surface area (Å²) in [7, 11) is -0.645. The zero-order chi connectivity index (χ0) is 37.6. The third kappa shape index (κ3) is 5.98. The van der Waals surface area contributed by atoms with Gasteiger partial charge in [0, 0.05) is 42.9 Å². The number of fused-ring (bicyclic) bond motifs is 3. The van der Waals surface area contributed by atoms with Crippen LogP contribution in [0.4, 0.5) is 17.1 Å². The Hall–Kier alpha value is -5.30. The molecular weight excluding hydrogens is 699 g/mol. The van der Waals surface area contributed by atoms with E-state index in [9.17, 15) is 9.90 Å². The molecule has 0 bridgehead atoms. The Balaban J connectivity index is 1.12. The van der Waals surface area contributed by atoms with Crippen LogP contribution in [0.15, 0.2) is 103 Å². The molecular formula is C42H45N5O6Si. The van der Waals surface area contributed by atoms with Crippen molar-refractivity contribution in [2.24, 2.45) is 5.92 Å². The molecule has 54 heavy (non-hydrogen) atoms. The fourth-order valence-electron chi connectivity index (χ4n) is 8.95. The maximum atomic E-state index is 15.2. The molecule has 1 N–H and O–H groups in total. The molecule has 0 unspecified atom stereocenters. The molecule has 8 rings (SSSR count). The summed E-state index contributed by atoms with van der Waals surface area (Å²) in [4.78, 5) is 31.7. The van der Waals surface area contributed by atoms with Gasteiger partial charge in [-0.25, -0.2) is 0 Å². The molecule has 4 aromatic carbocycles. The molecule has 4 atom stereocenters. The first kappa shape index (κ1) is 35.7. The first-order chi connectivity index (χ1) is 26.1. The lowest BCUT2D eigenvalue weighted by molar-refractivity contribution is -0.146. The van der Waals surface area contributed by atoms with E-state index in [4.69, 9.17) is 14.2 Å². The molecule has 278 valence electrons. The summed E-state index contributed by atoms with van der Waals surface area (Å²) >= 11 is 0. The number of aliphatic hydroxyl groups is 1. The van der Waals surface area contributed by atoms with Crippen molar-refractivity contribution in [3.63, 3.8) is 0 Å². The van der Waals surface area contributed by atoms with Crippen molar-refractivity contribution in [2.75, 3.05) is 30.1 Å². The van der Waals surface area contributed by atoms with E-state index in [1.165, 1.54) is 5.19 Å². The minimum atomic E-state index is -2.32. The number of anilines is 3. The Labute approximate surface area is 316 Å². The van der Waals surface area contributed by atoms with Crippen LogP contribution in [0, 0.1) is 5.92 Å². The molecule has 0 aliphatic carbocycles. The number of ether oxygens (including phenoxy) is 3. The minimum absolute atomic E-state index is 0.0123. The van der Waals surface area contributed by atoms with Crippen LogP contribution in [0.25, 0.3) is 0 Å². The van der Waals surface area contributed by atoms with E-state index in [1.54, 1.807) is 12.0 Å². The Morgan fingerprint density at radius 2 is 1.67 bits per heavy atom. The lowest BCUT2D eigenvalue weighted by Crippen LogP contribution is -2.51. The highest BCUT2D eigenvalue weighted by Crippen LogP contribution is 2.60. The van der Waals surface area contributed by atoms with E-state index in [2.05, 4.69) is 42.5 Å². The van der Waals surface area contributed by atoms with Crippen molar-refractivity contribution in [1.29, 1.82) is 0 Å². The summed E-state index contributed by atoms with van der Waals surface area (Å²) in [6, 6.07) is 31.7. The Kier molecular flexibility index (Phi) is 9.37. The van der Waals surface area contributed by atoms with Gasteiger partial charge in [0.05, 0.1) is 44.9 Å². The second-order valence-electron chi connectivity index (χ2n) is 15.0. The molecule has 1 spiro atoms. The van der Waals surface area contributed by atoms with Crippen LogP contribution in [0.3, 0.4) is 0 Å². The molecule has 0 saturated carbocycles. The maximum Gasteiger partial charge on any atom is 0.269 e. The number of carbonyl (C=O) groups is 2. The number of amides is 2. The van der Waals surface area contributed by atoms with Gasteiger partial charge in [0.1, 0.15) is 11.5 Å². The van der Waals surface area contributed by atoms with E-state index in [0.717, 1.165) is 33.9 Å². The molecule has 3 aliphatic rings. The normalized spacial score (nSPS) is 22.1. The van der Waals surface area contributed by atoms with Crippen molar-refractivity contribution < 1.29 is 28.9 Å². The van der Waals surface area contributed by atoms with Gasteiger partial charge in [0.15, 0.2) is 12.2 Å². The number of methoxy groups -OCH3 is 1. The topological polar surface area (TPSA) is 119 Å². The summed E-state index contributed by atoms with van der Waals surface area (Å²) in [5.41, 5.74) is 3.78. The summed E-state index contributed by atoms with van der Waals surface area (Å²) in [5, 5.41) is 19.2. The van der Waals surface area contributed by atoms with E-state index >= 15 is 4.79 Å². The van der Waals surface area contributed by atoms with Crippen molar-refractivity contribution in [1.82, 2.24) is 15.0 Å². The predicted octanol–water partition coefficient (Wildman–Crippen LogP) is 5.73. The number of carbonyl (C=O) groups excluding carboxylic acids is 2. The summed E-state index contributed by atoms with van der Waals surface area (Å²) in [5.74, 6) is 1.14. The van der Waals surface area contributed by atoms with Crippen molar-refractivity contribution in [2.45, 2.75) is 63.2 Å². The molecule has 11 nitrogen and oxygen atoms in total. The average molecular weight is 744 g/mol. The monoisotopic (exact) mass is 743 g/mol. The highest BCUT2D eigenvalue weighted by atomic mass is 28.3. The number of aryl methyl sites for hydroxylation is 1. The van der Waals surface area contributed by atoms with E-state index in [1.807, 2.05) is 101 Å². The molecule has 4 heterocycles. The molecule has 1 fully saturated rings. The van der Waals surface area contributed by atoms with Crippen molar-refractivity contribution in [3.8, 4) is 11.5 Å². The summed E-state index contributed by atoms with van der Waals surface area (Å²) < 4.78 is 20.2. The fourth-order valence-corrected chi connectivity index (χ4v) is 13.0. The van der Waals surface area contributed by atoms with Gasteiger partial charge in [0.25, 0.3) is 11.8 Å². The Bertz CT molecular complexity index is 2170. The third-order valence-electron chi connectivity index (χ3n) is 11.6. The van der Waals surface area contributed by atoms with Gasteiger partial charge in [-0.05, 0) is 60.0 Å². The molecule has 1 aromatic heterocycles. The number of rotatable bonds is 11. The molecule has 0 radical (unpaired) electrons. The molecule has 3 aliphatic heterocycles. The van der Waals surface area contributed by atoms with Gasteiger partial charge in [-0.1, -0.05) is 85.0 Å². The number of hydrogen-bond donors (Lipinski definition) is 1. The van der Waals surface area contributed by atoms with Crippen LogP contribution in [0.5, 0.6) is 11.5 Å². The standard InChI is InChI=1S/C42H45N5O6Si/c1-28-40(54(3,4)33-19-17-32(51-2)18-20-33)38(21-23-45-26-30(22-24-48)43-44-45)53-42(28)34-9-5-6-10-35(34)46(41(42)50)25-29-13-15-31(16-14-29)47-36-11-7-8-12-37(36)52-27-39(47)49/h5-20,26,28,38,40,48H,21-25,27H2,1-4H3/t28-,38+,40-,42+/m1/s1. The number of aliphatic hydroxyl groups excluding tert-OH is 1. The summed E-state index contributed by atoms with van der Waals surface area (Å²) in [6.07, 6.45) is 2.73. The van der Waals surface area contributed by atoms with Gasteiger partial charge < -0.3 is 24.2 Å². The second kappa shape index (κ2) is 14.2. The van der Waals surface area contributed by atoms with Crippen LogP contribution in [-0.4, -0.2) is 66.4 Å². The number of nitrogens with zero attached hydrogens (tertiary/aromatic N) is 5. The van der Waals surface area contributed by atoms with Crippen LogP contribution in [0.1, 0.15) is 30.2 Å². The van der Waals surface area contributed by atoms with Gasteiger partial charge in [-0.15, -0.1) is 5.10 Å². The highest BCUT2D eigenvalue weighted by molar-refractivity contribution is 6.91. The van der Waals surface area contributed by atoms with E-state index < -0.39 is 13.7 Å². The molecule has 1 saturated heterocycles. The zero-order valence-electron chi connectivity index (χ0n) is 31.0. The number of para-hydroxylation sites is 3. The van der Waals surface area contributed by atoms with Crippen molar-refractivity contribution in [3.05, 3.63) is 120 Å². The van der Waals surface area contributed by atoms with E-state index in [-0.39, 0.29) is 42.6 Å². The minimum Gasteiger partial charge on any atom is -0.497 e. The zero-order valence-corrected chi connectivity index (χ0v) is 32.0. The van der Waals surface area contributed by atoms with Gasteiger partial charge in [-0.2, -0.15) is 0 Å². The Morgan fingerprint density at radius 1 is 0.944 bits per heavy atom. The molecule has 2 amide bonds. The van der Waals surface area contributed by atoms with Crippen LogP contribution < -0.4 is 24.5 Å². The third-order valence-corrected chi connectivity index (χ3v) is 15.9. The highest BCUT2D eigenvalue weighted by Gasteiger charge is 2.66. The first-order valence-electron chi connectivity index (χ1n) is 18.5. The van der Waals surface area contributed by atoms with Crippen molar-refractivity contribution >= 4 is 42.1 Å². The van der Waals surface area contributed by atoms with Crippen LogP contribution in [0.2, 0.25) is 18.6 Å². The van der Waals surface area contributed by atoms with Gasteiger partial charge >= 0.3 is 0 Å². The number of aromatic nitrogens is 3. The smallest absolute Gasteiger partial charge is 0.269 e. The first-order valence-corrected chi connectivity index (χ1v) is 21.6. The van der Waals surface area contributed by atoms with Gasteiger partial charge in [-0.3, -0.25) is 19.2 Å².